The van der Waals surface area contributed by atoms with E-state index in [1.165, 1.54) is 5.56 Å². The first-order valence-corrected chi connectivity index (χ1v) is 12.0. The Morgan fingerprint density at radius 3 is 2.68 bits per heavy atom. The highest BCUT2D eigenvalue weighted by molar-refractivity contribution is 7.80. The van der Waals surface area contributed by atoms with Gasteiger partial charge < -0.3 is 24.6 Å². The zero-order valence-electron chi connectivity index (χ0n) is 19.3. The molecule has 0 bridgehead atoms. The second kappa shape index (κ2) is 9.19. The zero-order valence-corrected chi connectivity index (χ0v) is 20.1. The smallest absolute Gasteiger partial charge is 0.335 e. The Morgan fingerprint density at radius 1 is 1.24 bits per heavy atom. The summed E-state index contributed by atoms with van der Waals surface area (Å²) in [6.07, 6.45) is 4.09. The average Bonchev–Trinajstić information content (AvgIpc) is 3.54. The average molecular weight is 477 g/mol. The van der Waals surface area contributed by atoms with Gasteiger partial charge in [0.25, 0.3) is 0 Å². The van der Waals surface area contributed by atoms with Gasteiger partial charge in [0.05, 0.1) is 29.4 Å². The van der Waals surface area contributed by atoms with Crippen molar-refractivity contribution in [2.45, 2.75) is 44.9 Å². The molecule has 0 spiro atoms. The molecule has 176 valence electrons. The van der Waals surface area contributed by atoms with E-state index in [1.54, 1.807) is 12.1 Å². The van der Waals surface area contributed by atoms with E-state index >= 15 is 0 Å². The predicted molar refractivity (Wildman–Crippen MR) is 133 cm³/mol. The molecule has 4 heterocycles. The Kier molecular flexibility index (Phi) is 6.10. The molecule has 1 aromatic carbocycles. The maximum absolute atomic E-state index is 11.3. The van der Waals surface area contributed by atoms with Crippen LogP contribution in [-0.4, -0.2) is 49.9 Å². The van der Waals surface area contributed by atoms with Gasteiger partial charge in [0.2, 0.25) is 0 Å². The van der Waals surface area contributed by atoms with E-state index in [4.69, 9.17) is 17.0 Å². The number of benzene rings is 1. The summed E-state index contributed by atoms with van der Waals surface area (Å²) < 4.78 is 8.12. The summed E-state index contributed by atoms with van der Waals surface area (Å²) in [6, 6.07) is 15.0. The number of carboxylic acids is 1. The van der Waals surface area contributed by atoms with Gasteiger partial charge in [-0.25, -0.2) is 4.79 Å². The first-order valence-electron chi connectivity index (χ1n) is 11.6. The molecule has 8 heteroatoms. The molecule has 2 N–H and O–H groups in total. The fourth-order valence-corrected chi connectivity index (χ4v) is 5.50. The van der Waals surface area contributed by atoms with E-state index in [0.717, 1.165) is 48.8 Å². The number of carbonyl (C=O) groups is 1. The lowest BCUT2D eigenvalue weighted by Crippen LogP contribution is -2.36. The van der Waals surface area contributed by atoms with Crippen LogP contribution in [0.5, 0.6) is 0 Å². The molecular formula is C26H28N4O3S. The largest absolute Gasteiger partial charge is 0.478 e. The van der Waals surface area contributed by atoms with Crippen LogP contribution in [0.15, 0.2) is 54.7 Å². The molecule has 7 nitrogen and oxygen atoms in total. The minimum absolute atomic E-state index is 0.0372. The molecule has 5 rings (SSSR count). The fraction of sp³-hybridized carbons (Fsp3) is 0.346. The highest BCUT2D eigenvalue weighted by Crippen LogP contribution is 2.42. The van der Waals surface area contributed by atoms with Crippen LogP contribution in [0.4, 0.5) is 0 Å². The van der Waals surface area contributed by atoms with Crippen molar-refractivity contribution in [3.63, 3.8) is 0 Å². The lowest BCUT2D eigenvalue weighted by molar-refractivity contribution is 0.0697. The Labute approximate surface area is 204 Å². The highest BCUT2D eigenvalue weighted by Gasteiger charge is 2.42. The number of aromatic nitrogens is 2. The topological polar surface area (TPSA) is 79.6 Å². The summed E-state index contributed by atoms with van der Waals surface area (Å²) in [5.74, 6) is -0.929. The summed E-state index contributed by atoms with van der Waals surface area (Å²) >= 11 is 5.81. The zero-order chi connectivity index (χ0) is 23.8. The van der Waals surface area contributed by atoms with Crippen molar-refractivity contribution in [2.24, 2.45) is 0 Å². The van der Waals surface area contributed by atoms with Gasteiger partial charge in [-0.15, -0.1) is 0 Å². The Hall–Kier alpha value is -3.23. The molecule has 2 aromatic heterocycles. The van der Waals surface area contributed by atoms with Gasteiger partial charge in [0, 0.05) is 36.4 Å². The second-order valence-electron chi connectivity index (χ2n) is 8.93. The van der Waals surface area contributed by atoms with E-state index in [0.29, 0.717) is 5.11 Å². The third-order valence-electron chi connectivity index (χ3n) is 6.78. The number of ether oxygens (including phenoxy) is 1. The maximum Gasteiger partial charge on any atom is 0.335 e. The van der Waals surface area contributed by atoms with Gasteiger partial charge in [-0.1, -0.05) is 6.07 Å². The van der Waals surface area contributed by atoms with Crippen molar-refractivity contribution < 1.29 is 14.6 Å². The third kappa shape index (κ3) is 4.08. The van der Waals surface area contributed by atoms with Crippen LogP contribution in [0.2, 0.25) is 0 Å². The normalized spacial score (nSPS) is 22.2. The van der Waals surface area contributed by atoms with Gasteiger partial charge in [0.1, 0.15) is 0 Å². The quantitative estimate of drug-likeness (QED) is 0.513. The Morgan fingerprint density at radius 2 is 2.03 bits per heavy atom. The molecule has 0 unspecified atom stereocenters. The van der Waals surface area contributed by atoms with Crippen molar-refractivity contribution in [2.75, 3.05) is 13.2 Å². The fourth-order valence-electron chi connectivity index (χ4n) is 5.19. The molecule has 2 fully saturated rings. The highest BCUT2D eigenvalue weighted by atomic mass is 32.1. The molecule has 34 heavy (non-hydrogen) atoms. The summed E-state index contributed by atoms with van der Waals surface area (Å²) in [4.78, 5) is 18.2. The molecule has 2 saturated heterocycles. The standard InChI is InChI=1S/C26H28N4O3S/c1-16-14-21(17(2)30(16)19-10-8-18(9-11-19)25(31)32)24-23(22-7-3-4-12-27-22)28-26(34)29(24)15-20-6-5-13-33-20/h3-4,7-12,14,20,23-24H,5-6,13,15H2,1-2H3,(H,28,34)(H,31,32)/t20-,23-,24-/m0/s1. The van der Waals surface area contributed by atoms with Gasteiger partial charge in [0.15, 0.2) is 5.11 Å². The van der Waals surface area contributed by atoms with Crippen molar-refractivity contribution in [1.29, 1.82) is 0 Å². The van der Waals surface area contributed by atoms with Gasteiger partial charge in [-0.3, -0.25) is 4.98 Å². The van der Waals surface area contributed by atoms with Crippen molar-refractivity contribution in [3.8, 4) is 5.69 Å². The van der Waals surface area contributed by atoms with Gasteiger partial charge in [-0.2, -0.15) is 0 Å². The minimum atomic E-state index is -0.929. The van der Waals surface area contributed by atoms with E-state index in [9.17, 15) is 9.90 Å². The van der Waals surface area contributed by atoms with Crippen LogP contribution in [0.1, 0.15) is 57.9 Å². The molecule has 0 amide bonds. The van der Waals surface area contributed by atoms with Gasteiger partial charge in [-0.05, 0) is 86.9 Å². The summed E-state index contributed by atoms with van der Waals surface area (Å²) in [5.41, 5.74) is 5.48. The minimum Gasteiger partial charge on any atom is -0.478 e. The molecule has 2 aliphatic rings. The molecule has 0 saturated carbocycles. The lowest BCUT2D eigenvalue weighted by atomic mass is 9.96. The predicted octanol–water partition coefficient (Wildman–Crippen LogP) is 4.34. The number of hydrogen-bond acceptors (Lipinski definition) is 4. The van der Waals surface area contributed by atoms with Crippen LogP contribution >= 0.6 is 12.2 Å². The lowest BCUT2D eigenvalue weighted by Gasteiger charge is -2.30. The summed E-state index contributed by atoms with van der Waals surface area (Å²) in [7, 11) is 0. The number of nitrogens with zero attached hydrogens (tertiary/aromatic N) is 3. The number of rotatable bonds is 6. The van der Waals surface area contributed by atoms with Crippen LogP contribution < -0.4 is 5.32 Å². The number of thiocarbonyl (C=S) groups is 1. The number of aromatic carboxylic acids is 1. The maximum atomic E-state index is 11.3. The van der Waals surface area contributed by atoms with E-state index in [1.807, 2.05) is 36.5 Å². The summed E-state index contributed by atoms with van der Waals surface area (Å²) in [6.45, 7) is 5.71. The first-order chi connectivity index (χ1) is 16.4. The molecule has 2 aliphatic heterocycles. The van der Waals surface area contributed by atoms with Crippen LogP contribution in [0.25, 0.3) is 5.69 Å². The molecule has 0 aliphatic carbocycles. The monoisotopic (exact) mass is 476 g/mol. The van der Waals surface area contributed by atoms with Gasteiger partial charge >= 0.3 is 5.97 Å². The van der Waals surface area contributed by atoms with Crippen molar-refractivity contribution in [3.05, 3.63) is 82.9 Å². The molecule has 3 atom stereocenters. The van der Waals surface area contributed by atoms with Crippen molar-refractivity contribution in [1.82, 2.24) is 19.8 Å². The third-order valence-corrected chi connectivity index (χ3v) is 7.14. The molecular weight excluding hydrogens is 448 g/mol. The molecule has 3 aromatic rings. The van der Waals surface area contributed by atoms with Crippen molar-refractivity contribution >= 4 is 23.3 Å². The Balaban J connectivity index is 1.57. The number of carboxylic acid groups (broad SMARTS) is 1. The number of nitrogens with one attached hydrogen (secondary N) is 1. The van der Waals surface area contributed by atoms with E-state index in [-0.39, 0.29) is 23.8 Å². The second-order valence-corrected chi connectivity index (χ2v) is 9.31. The number of hydrogen-bond donors (Lipinski definition) is 2. The van der Waals surface area contributed by atoms with Crippen LogP contribution in [0.3, 0.4) is 0 Å². The van der Waals surface area contributed by atoms with Crippen LogP contribution in [0, 0.1) is 13.8 Å². The Bertz CT molecular complexity index is 1200. The number of pyridine rings is 1. The SMILES string of the molecule is Cc1cc([C@H]2[C@H](c3ccccn3)NC(=S)N2C[C@@H]2CCCO2)c(C)n1-c1ccc(C(=O)O)cc1. The number of aryl methyl sites for hydroxylation is 1. The summed E-state index contributed by atoms with van der Waals surface area (Å²) in [5, 5.41) is 13.5. The molecule has 0 radical (unpaired) electrons. The van der Waals surface area contributed by atoms with Crippen LogP contribution in [-0.2, 0) is 4.74 Å². The van der Waals surface area contributed by atoms with E-state index in [2.05, 4.69) is 39.7 Å². The first kappa shape index (κ1) is 22.6. The van der Waals surface area contributed by atoms with E-state index < -0.39 is 5.97 Å².